The van der Waals surface area contributed by atoms with Gasteiger partial charge in [-0.1, -0.05) is 5.92 Å². The van der Waals surface area contributed by atoms with Gasteiger partial charge in [-0.05, 0) is 12.8 Å². The lowest BCUT2D eigenvalue weighted by atomic mass is 10.2. The number of phosphoric acid groups is 1. The van der Waals surface area contributed by atoms with Gasteiger partial charge in [-0.3, -0.25) is 18.9 Å². The van der Waals surface area contributed by atoms with Crippen molar-refractivity contribution in [2.24, 2.45) is 0 Å². The molecule has 1 fully saturated rings. The fourth-order valence-electron chi connectivity index (χ4n) is 2.00. The van der Waals surface area contributed by atoms with Gasteiger partial charge in [0, 0.05) is 6.20 Å². The Morgan fingerprint density at radius 2 is 2.24 bits per heavy atom. The summed E-state index contributed by atoms with van der Waals surface area (Å²) in [6.07, 6.45) is 6.01. The molecule has 0 aromatic carbocycles. The second-order valence-corrected chi connectivity index (χ2v) is 5.67. The molecule has 2 heterocycles. The van der Waals surface area contributed by atoms with Crippen LogP contribution in [0.1, 0.15) is 24.6 Å². The molecule has 2 unspecified atom stereocenters. The van der Waals surface area contributed by atoms with E-state index in [-0.39, 0.29) is 12.2 Å². The molecule has 1 saturated heterocycles. The van der Waals surface area contributed by atoms with Gasteiger partial charge in [-0.15, -0.1) is 6.42 Å². The van der Waals surface area contributed by atoms with Crippen LogP contribution in [-0.2, 0) is 13.8 Å². The molecule has 1 aromatic heterocycles. The number of hydrogen-bond donors (Lipinski definition) is 3. The van der Waals surface area contributed by atoms with Crippen molar-refractivity contribution in [2.75, 3.05) is 6.61 Å². The first-order valence-corrected chi connectivity index (χ1v) is 7.51. The van der Waals surface area contributed by atoms with Crippen LogP contribution in [0.3, 0.4) is 0 Å². The number of hydrogen-bond acceptors (Lipinski definition) is 5. The number of terminal acetylenes is 1. The Hall–Kier alpha value is -1.69. The van der Waals surface area contributed by atoms with E-state index in [2.05, 4.69) is 15.4 Å². The zero-order valence-corrected chi connectivity index (χ0v) is 11.7. The smallest absolute Gasteiger partial charge is 0.352 e. The van der Waals surface area contributed by atoms with Gasteiger partial charge >= 0.3 is 13.5 Å². The summed E-state index contributed by atoms with van der Waals surface area (Å²) in [7, 11) is -4.56. The van der Waals surface area contributed by atoms with Crippen molar-refractivity contribution < 1.29 is 23.6 Å². The monoisotopic (exact) mass is 316 g/mol. The molecule has 114 valence electrons. The number of nitrogens with zero attached hydrogens (tertiary/aromatic N) is 1. The third-order valence-electron chi connectivity index (χ3n) is 2.95. The second-order valence-electron chi connectivity index (χ2n) is 4.43. The summed E-state index contributed by atoms with van der Waals surface area (Å²) in [6.45, 7) is -0.291. The SMILES string of the molecule is C#Cc1cn(C2CCC(COP(=O)(O)O)O2)c(=O)[nH]c1=O. The third-order valence-corrected chi connectivity index (χ3v) is 3.43. The number of H-pyrrole nitrogens is 1. The Morgan fingerprint density at radius 3 is 2.86 bits per heavy atom. The Balaban J connectivity index is 2.12. The molecule has 0 saturated carbocycles. The molecular weight excluding hydrogens is 303 g/mol. The Morgan fingerprint density at radius 1 is 1.52 bits per heavy atom. The highest BCUT2D eigenvalue weighted by atomic mass is 31.2. The summed E-state index contributed by atoms with van der Waals surface area (Å²) < 4.78 is 21.6. The quantitative estimate of drug-likeness (QED) is 0.494. The lowest BCUT2D eigenvalue weighted by Crippen LogP contribution is -2.33. The fourth-order valence-corrected chi connectivity index (χ4v) is 2.36. The second kappa shape index (κ2) is 5.97. The van der Waals surface area contributed by atoms with Crippen molar-refractivity contribution in [3.63, 3.8) is 0 Å². The molecule has 21 heavy (non-hydrogen) atoms. The first-order chi connectivity index (χ1) is 9.80. The van der Waals surface area contributed by atoms with Crippen LogP contribution in [0.5, 0.6) is 0 Å². The molecule has 3 N–H and O–H groups in total. The van der Waals surface area contributed by atoms with Crippen LogP contribution in [0, 0.1) is 12.3 Å². The van der Waals surface area contributed by atoms with E-state index in [1.54, 1.807) is 0 Å². The van der Waals surface area contributed by atoms with E-state index in [0.717, 1.165) is 4.57 Å². The van der Waals surface area contributed by atoms with Crippen LogP contribution in [0.15, 0.2) is 15.8 Å². The number of rotatable bonds is 4. The molecule has 0 radical (unpaired) electrons. The van der Waals surface area contributed by atoms with Gasteiger partial charge in [0.05, 0.1) is 12.7 Å². The Labute approximate surface area is 118 Å². The van der Waals surface area contributed by atoms with Crippen LogP contribution < -0.4 is 11.2 Å². The van der Waals surface area contributed by atoms with Gasteiger partial charge < -0.3 is 14.5 Å². The highest BCUT2D eigenvalue weighted by molar-refractivity contribution is 7.46. The predicted octanol–water partition coefficient (Wildman–Crippen LogP) is -0.695. The molecule has 2 rings (SSSR count). The van der Waals surface area contributed by atoms with E-state index >= 15 is 0 Å². The van der Waals surface area contributed by atoms with Gasteiger partial charge in [0.1, 0.15) is 11.8 Å². The van der Waals surface area contributed by atoms with E-state index in [1.165, 1.54) is 6.20 Å². The standard InChI is InChI=1S/C11H13N2O7P/c1-2-7-5-13(11(15)12-10(7)14)9-4-3-8(20-9)6-19-21(16,17)18/h1,5,8-9H,3-4,6H2,(H,12,14,15)(H2,16,17,18). The molecule has 1 aromatic rings. The first kappa shape index (κ1) is 15.7. The van der Waals surface area contributed by atoms with E-state index in [0.29, 0.717) is 12.8 Å². The number of ether oxygens (including phenoxy) is 1. The molecule has 0 amide bonds. The zero-order chi connectivity index (χ0) is 15.6. The fraction of sp³-hybridized carbons (Fsp3) is 0.455. The van der Waals surface area contributed by atoms with Gasteiger partial charge in [-0.2, -0.15) is 0 Å². The largest absolute Gasteiger partial charge is 0.469 e. The molecule has 2 atom stereocenters. The number of nitrogens with one attached hydrogen (secondary N) is 1. The van der Waals surface area contributed by atoms with Crippen molar-refractivity contribution in [3.05, 3.63) is 32.6 Å². The van der Waals surface area contributed by atoms with Crippen molar-refractivity contribution >= 4 is 7.82 Å². The summed E-state index contributed by atoms with van der Waals surface area (Å²) in [5.41, 5.74) is -1.33. The maximum atomic E-state index is 11.7. The third kappa shape index (κ3) is 3.91. The lowest BCUT2D eigenvalue weighted by molar-refractivity contribution is -0.0244. The molecule has 1 aliphatic rings. The number of aromatic amines is 1. The van der Waals surface area contributed by atoms with Crippen molar-refractivity contribution in [2.45, 2.75) is 25.2 Å². The zero-order valence-electron chi connectivity index (χ0n) is 10.8. The number of phosphoric ester groups is 1. The van der Waals surface area contributed by atoms with Crippen molar-refractivity contribution in [1.82, 2.24) is 9.55 Å². The summed E-state index contributed by atoms with van der Waals surface area (Å²) in [4.78, 5) is 42.4. The lowest BCUT2D eigenvalue weighted by Gasteiger charge is -2.16. The summed E-state index contributed by atoms with van der Waals surface area (Å²) in [5, 5.41) is 0. The van der Waals surface area contributed by atoms with Gasteiger partial charge in [-0.25, -0.2) is 9.36 Å². The van der Waals surface area contributed by atoms with E-state index in [1.807, 2.05) is 0 Å². The van der Waals surface area contributed by atoms with Gasteiger partial charge in [0.25, 0.3) is 5.56 Å². The molecule has 9 nitrogen and oxygen atoms in total. The molecule has 0 aliphatic carbocycles. The van der Waals surface area contributed by atoms with E-state index in [4.69, 9.17) is 20.9 Å². The number of aromatic nitrogens is 2. The summed E-state index contributed by atoms with van der Waals surface area (Å²) in [5.74, 6) is 2.16. The minimum Gasteiger partial charge on any atom is -0.352 e. The van der Waals surface area contributed by atoms with E-state index < -0.39 is 31.4 Å². The van der Waals surface area contributed by atoms with Crippen LogP contribution in [0.2, 0.25) is 0 Å². The minimum absolute atomic E-state index is 0.00637. The maximum Gasteiger partial charge on any atom is 0.469 e. The minimum atomic E-state index is -4.56. The molecule has 0 spiro atoms. The average Bonchev–Trinajstić information content (AvgIpc) is 2.84. The summed E-state index contributed by atoms with van der Waals surface area (Å²) in [6, 6.07) is 0. The highest BCUT2D eigenvalue weighted by Crippen LogP contribution is 2.37. The Kier molecular flexibility index (Phi) is 4.46. The predicted molar refractivity (Wildman–Crippen MR) is 70.4 cm³/mol. The molecule has 1 aliphatic heterocycles. The maximum absolute atomic E-state index is 11.7. The van der Waals surface area contributed by atoms with E-state index in [9.17, 15) is 14.2 Å². The summed E-state index contributed by atoms with van der Waals surface area (Å²) >= 11 is 0. The van der Waals surface area contributed by atoms with Crippen LogP contribution in [0.4, 0.5) is 0 Å². The van der Waals surface area contributed by atoms with Crippen molar-refractivity contribution in [3.8, 4) is 12.3 Å². The average molecular weight is 316 g/mol. The molecule has 10 heteroatoms. The van der Waals surface area contributed by atoms with Gasteiger partial charge in [0.15, 0.2) is 0 Å². The van der Waals surface area contributed by atoms with Crippen molar-refractivity contribution in [1.29, 1.82) is 0 Å². The van der Waals surface area contributed by atoms with Gasteiger partial charge in [0.2, 0.25) is 0 Å². The normalized spacial score (nSPS) is 22.1. The highest BCUT2D eigenvalue weighted by Gasteiger charge is 2.29. The van der Waals surface area contributed by atoms with Crippen LogP contribution in [0.25, 0.3) is 0 Å². The first-order valence-electron chi connectivity index (χ1n) is 5.98. The topological polar surface area (TPSA) is 131 Å². The van der Waals surface area contributed by atoms with Crippen LogP contribution in [-0.4, -0.2) is 32.0 Å². The van der Waals surface area contributed by atoms with Crippen LogP contribution >= 0.6 is 7.82 Å². The molecule has 0 bridgehead atoms. The Bertz CT molecular complexity index is 725. The molecular formula is C11H13N2O7P.